The van der Waals surface area contributed by atoms with Crippen LogP contribution in [0.15, 0.2) is 0 Å². The Morgan fingerprint density at radius 2 is 1.63 bits per heavy atom. The lowest BCUT2D eigenvalue weighted by Crippen LogP contribution is -2.38. The Morgan fingerprint density at radius 1 is 1.05 bits per heavy atom. The third-order valence-corrected chi connectivity index (χ3v) is 3.68. The maximum absolute atomic E-state index is 5.89. The quantitative estimate of drug-likeness (QED) is 0.665. The molecule has 2 aliphatic rings. The molecule has 0 bridgehead atoms. The Hall–Kier alpha value is -0.200. The summed E-state index contributed by atoms with van der Waals surface area (Å²) in [5.74, 6) is -0.306. The molecule has 2 rings (SSSR count). The minimum atomic E-state index is -0.306. The van der Waals surface area contributed by atoms with E-state index in [2.05, 4.69) is 0 Å². The molecule has 0 unspecified atom stereocenters. The van der Waals surface area contributed by atoms with E-state index >= 15 is 0 Å². The van der Waals surface area contributed by atoms with Crippen molar-refractivity contribution in [3.63, 3.8) is 0 Å². The lowest BCUT2D eigenvalue weighted by molar-refractivity contribution is -0.208. The van der Waals surface area contributed by atoms with Gasteiger partial charge in [0, 0.05) is 26.1 Å². The maximum atomic E-state index is 5.89. The molecule has 1 heterocycles. The second kappa shape index (κ2) is 7.55. The first kappa shape index (κ1) is 15.2. The third-order valence-electron chi connectivity index (χ3n) is 3.68. The maximum Gasteiger partial charge on any atom is 0.180 e. The van der Waals surface area contributed by atoms with E-state index in [-0.39, 0.29) is 18.2 Å². The molecule has 0 N–H and O–H groups in total. The van der Waals surface area contributed by atoms with E-state index in [4.69, 9.17) is 23.7 Å². The Kier molecular flexibility index (Phi) is 6.04. The molecule has 5 heteroatoms. The van der Waals surface area contributed by atoms with Crippen molar-refractivity contribution in [2.24, 2.45) is 0 Å². The van der Waals surface area contributed by atoms with Crippen molar-refractivity contribution in [2.45, 2.75) is 57.7 Å². The summed E-state index contributed by atoms with van der Waals surface area (Å²) >= 11 is 0. The van der Waals surface area contributed by atoms with Crippen LogP contribution >= 0.6 is 0 Å². The van der Waals surface area contributed by atoms with Gasteiger partial charge < -0.3 is 23.7 Å². The number of rotatable bonds is 7. The van der Waals surface area contributed by atoms with E-state index in [0.717, 1.165) is 38.9 Å². The van der Waals surface area contributed by atoms with Crippen molar-refractivity contribution in [1.29, 1.82) is 0 Å². The van der Waals surface area contributed by atoms with Crippen LogP contribution in [0.2, 0.25) is 0 Å². The molecule has 1 spiro atoms. The van der Waals surface area contributed by atoms with Gasteiger partial charge in [0.25, 0.3) is 0 Å². The van der Waals surface area contributed by atoms with Crippen LogP contribution in [0.5, 0.6) is 0 Å². The predicted molar refractivity (Wildman–Crippen MR) is 69.9 cm³/mol. The van der Waals surface area contributed by atoms with E-state index in [9.17, 15) is 0 Å². The van der Waals surface area contributed by atoms with Crippen LogP contribution < -0.4 is 0 Å². The molecule has 1 aliphatic heterocycles. The highest BCUT2D eigenvalue weighted by atomic mass is 16.7. The topological polar surface area (TPSA) is 46.2 Å². The van der Waals surface area contributed by atoms with Crippen molar-refractivity contribution in [2.75, 3.05) is 33.0 Å². The van der Waals surface area contributed by atoms with Gasteiger partial charge in [-0.25, -0.2) is 0 Å². The van der Waals surface area contributed by atoms with Crippen LogP contribution in [0, 0.1) is 0 Å². The minimum Gasteiger partial charge on any atom is -0.373 e. The summed E-state index contributed by atoms with van der Waals surface area (Å²) in [6.07, 6.45) is 3.82. The molecule has 1 aliphatic carbocycles. The van der Waals surface area contributed by atoms with Crippen LogP contribution in [0.25, 0.3) is 0 Å². The minimum absolute atomic E-state index is 0.245. The standard InChI is InChI=1S/C14H26O5/c1-3-15-13(16-4-2)11-17-12-5-7-14(8-6-12)18-9-10-19-14/h12-13H,3-11H2,1-2H3. The van der Waals surface area contributed by atoms with Crippen LogP contribution in [0.4, 0.5) is 0 Å². The summed E-state index contributed by atoms with van der Waals surface area (Å²) in [5.41, 5.74) is 0. The Labute approximate surface area is 115 Å². The van der Waals surface area contributed by atoms with Crippen LogP contribution in [-0.4, -0.2) is 51.2 Å². The summed E-state index contributed by atoms with van der Waals surface area (Å²) in [7, 11) is 0. The second-order valence-corrected chi connectivity index (χ2v) is 4.98. The Bertz CT molecular complexity index is 236. The van der Waals surface area contributed by atoms with Gasteiger partial charge in [-0.15, -0.1) is 0 Å². The highest BCUT2D eigenvalue weighted by Crippen LogP contribution is 2.36. The van der Waals surface area contributed by atoms with Crippen molar-refractivity contribution >= 4 is 0 Å². The molecular formula is C14H26O5. The van der Waals surface area contributed by atoms with Gasteiger partial charge in [0.1, 0.15) is 0 Å². The van der Waals surface area contributed by atoms with E-state index < -0.39 is 0 Å². The van der Waals surface area contributed by atoms with Crippen LogP contribution in [-0.2, 0) is 23.7 Å². The Morgan fingerprint density at radius 3 is 2.16 bits per heavy atom. The average Bonchev–Trinajstić information content (AvgIpc) is 2.87. The van der Waals surface area contributed by atoms with Gasteiger partial charge >= 0.3 is 0 Å². The van der Waals surface area contributed by atoms with E-state index in [1.807, 2.05) is 13.8 Å². The molecule has 0 amide bonds. The zero-order chi connectivity index (χ0) is 13.6. The molecule has 0 aromatic carbocycles. The fourth-order valence-electron chi connectivity index (χ4n) is 2.71. The van der Waals surface area contributed by atoms with Gasteiger partial charge in [-0.3, -0.25) is 0 Å². The van der Waals surface area contributed by atoms with Gasteiger partial charge in [0.15, 0.2) is 12.1 Å². The molecule has 0 atom stereocenters. The molecule has 19 heavy (non-hydrogen) atoms. The van der Waals surface area contributed by atoms with Crippen molar-refractivity contribution < 1.29 is 23.7 Å². The van der Waals surface area contributed by atoms with Crippen LogP contribution in [0.1, 0.15) is 39.5 Å². The van der Waals surface area contributed by atoms with Gasteiger partial charge in [0.2, 0.25) is 0 Å². The zero-order valence-corrected chi connectivity index (χ0v) is 12.1. The second-order valence-electron chi connectivity index (χ2n) is 4.98. The molecule has 1 saturated carbocycles. The molecule has 2 fully saturated rings. The highest BCUT2D eigenvalue weighted by Gasteiger charge is 2.40. The summed E-state index contributed by atoms with van der Waals surface area (Å²) in [6.45, 7) is 7.16. The summed E-state index contributed by atoms with van der Waals surface area (Å²) in [4.78, 5) is 0. The lowest BCUT2D eigenvalue weighted by Gasteiger charge is -2.35. The smallest absolute Gasteiger partial charge is 0.180 e. The molecule has 0 radical (unpaired) electrons. The van der Waals surface area contributed by atoms with E-state index in [1.165, 1.54) is 0 Å². The Balaban J connectivity index is 1.67. The number of hydrogen-bond acceptors (Lipinski definition) is 5. The first-order valence-electron chi connectivity index (χ1n) is 7.40. The summed E-state index contributed by atoms with van der Waals surface area (Å²) < 4.78 is 28.2. The van der Waals surface area contributed by atoms with Gasteiger partial charge in [0.05, 0.1) is 25.9 Å². The van der Waals surface area contributed by atoms with Crippen molar-refractivity contribution in [1.82, 2.24) is 0 Å². The van der Waals surface area contributed by atoms with E-state index in [0.29, 0.717) is 19.8 Å². The first-order valence-corrected chi connectivity index (χ1v) is 7.40. The zero-order valence-electron chi connectivity index (χ0n) is 12.1. The fourth-order valence-corrected chi connectivity index (χ4v) is 2.71. The monoisotopic (exact) mass is 274 g/mol. The number of ether oxygens (including phenoxy) is 5. The third kappa shape index (κ3) is 4.39. The SMILES string of the molecule is CCOC(COC1CCC2(CC1)OCCO2)OCC. The van der Waals surface area contributed by atoms with Crippen LogP contribution in [0.3, 0.4) is 0 Å². The van der Waals surface area contributed by atoms with Crippen molar-refractivity contribution in [3.8, 4) is 0 Å². The largest absolute Gasteiger partial charge is 0.373 e. The summed E-state index contributed by atoms with van der Waals surface area (Å²) in [5, 5.41) is 0. The molecule has 0 aromatic rings. The van der Waals surface area contributed by atoms with Gasteiger partial charge in [-0.1, -0.05) is 0 Å². The molecular weight excluding hydrogens is 248 g/mol. The van der Waals surface area contributed by atoms with E-state index in [1.54, 1.807) is 0 Å². The molecule has 0 aromatic heterocycles. The fraction of sp³-hybridized carbons (Fsp3) is 1.00. The summed E-state index contributed by atoms with van der Waals surface area (Å²) in [6, 6.07) is 0. The van der Waals surface area contributed by atoms with Crippen molar-refractivity contribution in [3.05, 3.63) is 0 Å². The lowest BCUT2D eigenvalue weighted by atomic mass is 9.92. The molecule has 5 nitrogen and oxygen atoms in total. The molecule has 112 valence electrons. The van der Waals surface area contributed by atoms with Gasteiger partial charge in [-0.05, 0) is 26.7 Å². The average molecular weight is 274 g/mol. The highest BCUT2D eigenvalue weighted by molar-refractivity contribution is 4.82. The molecule has 1 saturated heterocycles. The normalized spacial score (nSPS) is 23.5. The first-order chi connectivity index (χ1) is 9.28. The predicted octanol–water partition coefficient (Wildman–Crippen LogP) is 2.09. The van der Waals surface area contributed by atoms with Gasteiger partial charge in [-0.2, -0.15) is 0 Å². The number of hydrogen-bond donors (Lipinski definition) is 0.